The van der Waals surface area contributed by atoms with E-state index in [1.165, 1.54) is 5.56 Å². The first-order valence-corrected chi connectivity index (χ1v) is 7.40. The molecule has 0 aliphatic carbocycles. The first kappa shape index (κ1) is 14.1. The molecule has 3 aromatic rings. The van der Waals surface area contributed by atoms with Crippen LogP contribution in [0.4, 0.5) is 16.2 Å². The molecule has 0 saturated carbocycles. The molecule has 2 amide bonds. The van der Waals surface area contributed by atoms with Gasteiger partial charge in [-0.25, -0.2) is 4.79 Å². The SMILES string of the molecule is CCc1ccc(NC(=O)Nc2ccc3ccccc3c2)cc1. The third-order valence-electron chi connectivity index (χ3n) is 3.63. The van der Waals surface area contributed by atoms with Gasteiger partial charge >= 0.3 is 6.03 Å². The molecule has 0 bridgehead atoms. The van der Waals surface area contributed by atoms with Gasteiger partial charge in [-0.05, 0) is 47.0 Å². The van der Waals surface area contributed by atoms with Crippen LogP contribution in [-0.4, -0.2) is 6.03 Å². The predicted octanol–water partition coefficient (Wildman–Crippen LogP) is 5.05. The van der Waals surface area contributed by atoms with E-state index >= 15 is 0 Å². The van der Waals surface area contributed by atoms with E-state index in [0.717, 1.165) is 28.6 Å². The van der Waals surface area contributed by atoms with Crippen molar-refractivity contribution in [3.05, 3.63) is 72.3 Å². The zero-order valence-electron chi connectivity index (χ0n) is 12.5. The summed E-state index contributed by atoms with van der Waals surface area (Å²) < 4.78 is 0. The van der Waals surface area contributed by atoms with E-state index in [1.54, 1.807) is 0 Å². The summed E-state index contributed by atoms with van der Waals surface area (Å²) in [5.74, 6) is 0. The molecule has 3 heteroatoms. The van der Waals surface area contributed by atoms with Crippen molar-refractivity contribution in [1.82, 2.24) is 0 Å². The maximum absolute atomic E-state index is 12.1. The lowest BCUT2D eigenvalue weighted by Crippen LogP contribution is -2.19. The van der Waals surface area contributed by atoms with Gasteiger partial charge in [0.1, 0.15) is 0 Å². The lowest BCUT2D eigenvalue weighted by molar-refractivity contribution is 0.262. The predicted molar refractivity (Wildman–Crippen MR) is 92.4 cm³/mol. The van der Waals surface area contributed by atoms with Crippen LogP contribution in [0, 0.1) is 0 Å². The number of rotatable bonds is 3. The number of hydrogen-bond donors (Lipinski definition) is 2. The summed E-state index contributed by atoms with van der Waals surface area (Å²) in [6, 6.07) is 21.6. The lowest BCUT2D eigenvalue weighted by Gasteiger charge is -2.09. The van der Waals surface area contributed by atoms with Gasteiger partial charge in [-0.3, -0.25) is 0 Å². The zero-order valence-corrected chi connectivity index (χ0v) is 12.5. The molecule has 0 unspecified atom stereocenters. The number of fused-ring (bicyclic) bond motifs is 1. The quantitative estimate of drug-likeness (QED) is 0.696. The molecule has 3 nitrogen and oxygen atoms in total. The molecule has 0 heterocycles. The molecule has 0 spiro atoms. The maximum Gasteiger partial charge on any atom is 0.323 e. The second-order valence-corrected chi connectivity index (χ2v) is 5.19. The molecule has 22 heavy (non-hydrogen) atoms. The van der Waals surface area contributed by atoms with E-state index in [0.29, 0.717) is 0 Å². The number of anilines is 2. The average molecular weight is 290 g/mol. The fourth-order valence-electron chi connectivity index (χ4n) is 2.38. The average Bonchev–Trinajstić information content (AvgIpc) is 2.55. The van der Waals surface area contributed by atoms with Gasteiger partial charge in [0.2, 0.25) is 0 Å². The topological polar surface area (TPSA) is 41.1 Å². The van der Waals surface area contributed by atoms with Crippen LogP contribution >= 0.6 is 0 Å². The molecule has 0 aliphatic heterocycles. The monoisotopic (exact) mass is 290 g/mol. The molecule has 0 fully saturated rings. The van der Waals surface area contributed by atoms with Gasteiger partial charge in [-0.1, -0.05) is 49.4 Å². The van der Waals surface area contributed by atoms with Crippen molar-refractivity contribution in [1.29, 1.82) is 0 Å². The van der Waals surface area contributed by atoms with Gasteiger partial charge in [-0.15, -0.1) is 0 Å². The van der Waals surface area contributed by atoms with E-state index in [-0.39, 0.29) is 6.03 Å². The Balaban J connectivity index is 1.69. The summed E-state index contributed by atoms with van der Waals surface area (Å²) in [6.45, 7) is 2.11. The van der Waals surface area contributed by atoms with Crippen LogP contribution in [-0.2, 0) is 6.42 Å². The minimum atomic E-state index is -0.237. The van der Waals surface area contributed by atoms with Crippen LogP contribution in [0.15, 0.2) is 66.7 Å². The Morgan fingerprint density at radius 3 is 2.18 bits per heavy atom. The highest BCUT2D eigenvalue weighted by Gasteiger charge is 2.03. The number of aryl methyl sites for hydroxylation is 1. The van der Waals surface area contributed by atoms with Gasteiger partial charge in [0.25, 0.3) is 0 Å². The Labute approximate surface area is 130 Å². The highest BCUT2D eigenvalue weighted by atomic mass is 16.2. The van der Waals surface area contributed by atoms with Crippen molar-refractivity contribution in [2.75, 3.05) is 10.6 Å². The molecule has 2 N–H and O–H groups in total. The summed E-state index contributed by atoms with van der Waals surface area (Å²) >= 11 is 0. The standard InChI is InChI=1S/C19H18N2O/c1-2-14-7-10-17(11-8-14)20-19(22)21-18-12-9-15-5-3-4-6-16(15)13-18/h3-13H,2H2,1H3,(H2,20,21,22). The minimum Gasteiger partial charge on any atom is -0.308 e. The Bertz CT molecular complexity index is 794. The van der Waals surface area contributed by atoms with Gasteiger partial charge in [0, 0.05) is 11.4 Å². The van der Waals surface area contributed by atoms with Crippen molar-refractivity contribution in [2.45, 2.75) is 13.3 Å². The molecule has 0 atom stereocenters. The number of hydrogen-bond acceptors (Lipinski definition) is 1. The minimum absolute atomic E-state index is 0.237. The number of nitrogens with one attached hydrogen (secondary N) is 2. The molecule has 3 aromatic carbocycles. The molecule has 0 radical (unpaired) electrons. The van der Waals surface area contributed by atoms with E-state index in [2.05, 4.69) is 23.6 Å². The summed E-state index contributed by atoms with van der Waals surface area (Å²) in [5, 5.41) is 7.96. The molecule has 0 saturated heterocycles. The Morgan fingerprint density at radius 2 is 1.45 bits per heavy atom. The molecule has 3 rings (SSSR count). The van der Waals surface area contributed by atoms with E-state index in [4.69, 9.17) is 0 Å². The highest BCUT2D eigenvalue weighted by Crippen LogP contribution is 2.19. The van der Waals surface area contributed by atoms with E-state index in [1.807, 2.05) is 60.7 Å². The van der Waals surface area contributed by atoms with Crippen molar-refractivity contribution in [2.24, 2.45) is 0 Å². The summed E-state index contributed by atoms with van der Waals surface area (Å²) in [7, 11) is 0. The van der Waals surface area contributed by atoms with Gasteiger partial charge < -0.3 is 10.6 Å². The van der Waals surface area contributed by atoms with Gasteiger partial charge in [0.15, 0.2) is 0 Å². The summed E-state index contributed by atoms with van der Waals surface area (Å²) in [6.07, 6.45) is 0.990. The first-order valence-electron chi connectivity index (χ1n) is 7.40. The van der Waals surface area contributed by atoms with Crippen molar-refractivity contribution < 1.29 is 4.79 Å². The van der Waals surface area contributed by atoms with Crippen molar-refractivity contribution in [3.63, 3.8) is 0 Å². The normalized spacial score (nSPS) is 10.4. The smallest absolute Gasteiger partial charge is 0.308 e. The Hall–Kier alpha value is -2.81. The molecule has 0 aromatic heterocycles. The second kappa shape index (κ2) is 6.31. The highest BCUT2D eigenvalue weighted by molar-refractivity contribution is 6.01. The molecule has 0 aliphatic rings. The third-order valence-corrected chi connectivity index (χ3v) is 3.63. The molecular formula is C19H18N2O. The summed E-state index contributed by atoms with van der Waals surface area (Å²) in [4.78, 5) is 12.1. The van der Waals surface area contributed by atoms with Crippen LogP contribution in [0.25, 0.3) is 10.8 Å². The third kappa shape index (κ3) is 3.26. The van der Waals surface area contributed by atoms with Crippen molar-refractivity contribution >= 4 is 28.2 Å². The second-order valence-electron chi connectivity index (χ2n) is 5.19. The Morgan fingerprint density at radius 1 is 0.818 bits per heavy atom. The molecular weight excluding hydrogens is 272 g/mol. The number of amides is 2. The van der Waals surface area contributed by atoms with Crippen molar-refractivity contribution in [3.8, 4) is 0 Å². The van der Waals surface area contributed by atoms with Gasteiger partial charge in [-0.2, -0.15) is 0 Å². The van der Waals surface area contributed by atoms with Crippen LogP contribution in [0.5, 0.6) is 0 Å². The van der Waals surface area contributed by atoms with E-state index in [9.17, 15) is 4.79 Å². The largest absolute Gasteiger partial charge is 0.323 e. The lowest BCUT2D eigenvalue weighted by atomic mass is 10.1. The van der Waals surface area contributed by atoms with Gasteiger partial charge in [0.05, 0.1) is 0 Å². The van der Waals surface area contributed by atoms with Crippen LogP contribution < -0.4 is 10.6 Å². The van der Waals surface area contributed by atoms with Crippen LogP contribution in [0.1, 0.15) is 12.5 Å². The fraction of sp³-hybridized carbons (Fsp3) is 0.105. The maximum atomic E-state index is 12.1. The fourth-order valence-corrected chi connectivity index (χ4v) is 2.38. The van der Waals surface area contributed by atoms with Crippen LogP contribution in [0.2, 0.25) is 0 Å². The van der Waals surface area contributed by atoms with Crippen LogP contribution in [0.3, 0.4) is 0 Å². The summed E-state index contributed by atoms with van der Waals surface area (Å²) in [5.41, 5.74) is 2.82. The number of urea groups is 1. The Kier molecular flexibility index (Phi) is 4.05. The first-order chi connectivity index (χ1) is 10.7. The number of carbonyl (C=O) groups excluding carboxylic acids is 1. The number of carbonyl (C=O) groups is 1. The number of benzene rings is 3. The zero-order chi connectivity index (χ0) is 15.4. The molecule has 110 valence electrons. The van der Waals surface area contributed by atoms with E-state index < -0.39 is 0 Å².